The van der Waals surface area contributed by atoms with E-state index in [2.05, 4.69) is 16.3 Å². The van der Waals surface area contributed by atoms with Crippen molar-refractivity contribution in [1.82, 2.24) is 5.32 Å². The molecular formula is C15H19N3O. The molecule has 1 aromatic rings. The smallest absolute Gasteiger partial charge is 0.242 e. The van der Waals surface area contributed by atoms with Gasteiger partial charge < -0.3 is 10.2 Å². The van der Waals surface area contributed by atoms with Crippen LogP contribution < -0.4 is 10.2 Å². The lowest BCUT2D eigenvalue weighted by molar-refractivity contribution is -0.122. The lowest BCUT2D eigenvalue weighted by Crippen LogP contribution is -2.48. The van der Waals surface area contributed by atoms with E-state index in [-0.39, 0.29) is 11.9 Å². The molecule has 1 atom stereocenters. The van der Waals surface area contributed by atoms with E-state index >= 15 is 0 Å². The van der Waals surface area contributed by atoms with Gasteiger partial charge in [0.15, 0.2) is 0 Å². The zero-order valence-electron chi connectivity index (χ0n) is 11.4. The van der Waals surface area contributed by atoms with Gasteiger partial charge in [0.05, 0.1) is 11.6 Å². The number of anilines is 1. The Balaban J connectivity index is 2.30. The van der Waals surface area contributed by atoms with E-state index in [1.54, 1.807) is 7.05 Å². The average Bonchev–Trinajstić information content (AvgIpc) is 2.46. The largest absolute Gasteiger partial charge is 0.360 e. The predicted octanol–water partition coefficient (Wildman–Crippen LogP) is 1.97. The summed E-state index contributed by atoms with van der Waals surface area (Å²) in [6, 6.07) is 7.85. The van der Waals surface area contributed by atoms with E-state index in [4.69, 9.17) is 5.26 Å². The third-order valence-electron chi connectivity index (χ3n) is 3.71. The summed E-state index contributed by atoms with van der Waals surface area (Å²) >= 11 is 0. The van der Waals surface area contributed by atoms with Crippen LogP contribution in [-0.2, 0) is 4.79 Å². The number of aryl methyl sites for hydroxylation is 1. The van der Waals surface area contributed by atoms with Crippen molar-refractivity contribution in [3.8, 4) is 6.07 Å². The molecule has 0 radical (unpaired) electrons. The van der Waals surface area contributed by atoms with Gasteiger partial charge in [0, 0.05) is 19.3 Å². The van der Waals surface area contributed by atoms with Gasteiger partial charge in [-0.2, -0.15) is 5.26 Å². The molecular weight excluding hydrogens is 238 g/mol. The van der Waals surface area contributed by atoms with E-state index in [1.165, 1.54) is 0 Å². The van der Waals surface area contributed by atoms with Gasteiger partial charge in [-0.15, -0.1) is 0 Å². The van der Waals surface area contributed by atoms with Gasteiger partial charge in [0.25, 0.3) is 0 Å². The molecule has 1 saturated heterocycles. The van der Waals surface area contributed by atoms with Gasteiger partial charge >= 0.3 is 0 Å². The Hall–Kier alpha value is -2.02. The molecule has 0 aliphatic carbocycles. The minimum Gasteiger partial charge on any atom is -0.360 e. The van der Waals surface area contributed by atoms with E-state index in [1.807, 2.05) is 25.1 Å². The molecule has 0 bridgehead atoms. The quantitative estimate of drug-likeness (QED) is 0.881. The average molecular weight is 257 g/mol. The van der Waals surface area contributed by atoms with Crippen LogP contribution in [0.3, 0.4) is 0 Å². The second kappa shape index (κ2) is 5.75. The maximum absolute atomic E-state index is 12.0. The van der Waals surface area contributed by atoms with Crippen LogP contribution in [0, 0.1) is 18.3 Å². The fourth-order valence-electron chi connectivity index (χ4n) is 2.63. The summed E-state index contributed by atoms with van der Waals surface area (Å²) in [6.45, 7) is 2.82. The number of nitrogens with one attached hydrogen (secondary N) is 1. The molecule has 0 spiro atoms. The first-order valence-electron chi connectivity index (χ1n) is 6.66. The molecule has 0 aromatic heterocycles. The fourth-order valence-corrected chi connectivity index (χ4v) is 2.63. The van der Waals surface area contributed by atoms with Crippen molar-refractivity contribution in [2.75, 3.05) is 18.5 Å². The van der Waals surface area contributed by atoms with Crippen LogP contribution in [0.2, 0.25) is 0 Å². The highest BCUT2D eigenvalue weighted by atomic mass is 16.2. The molecule has 1 N–H and O–H groups in total. The Morgan fingerprint density at radius 2 is 2.26 bits per heavy atom. The van der Waals surface area contributed by atoms with E-state index in [0.717, 1.165) is 37.1 Å². The Labute approximate surface area is 114 Å². The highest BCUT2D eigenvalue weighted by Gasteiger charge is 2.28. The molecule has 4 nitrogen and oxygen atoms in total. The van der Waals surface area contributed by atoms with Gasteiger partial charge in [0.1, 0.15) is 6.04 Å². The molecule has 0 saturated carbocycles. The minimum atomic E-state index is -0.0916. The second-order valence-corrected chi connectivity index (χ2v) is 4.93. The maximum Gasteiger partial charge on any atom is 0.242 e. The summed E-state index contributed by atoms with van der Waals surface area (Å²) in [7, 11) is 1.68. The standard InChI is InChI=1S/C15H19N3O/c1-11-9-13(7-6-12(11)10-16)18-8-4-3-5-14(18)15(19)17-2/h6-7,9,14H,3-5,8H2,1-2H3,(H,17,19). The molecule has 1 fully saturated rings. The topological polar surface area (TPSA) is 56.1 Å². The highest BCUT2D eigenvalue weighted by Crippen LogP contribution is 2.26. The van der Waals surface area contributed by atoms with Gasteiger partial charge in [-0.25, -0.2) is 0 Å². The van der Waals surface area contributed by atoms with Gasteiger partial charge in [-0.05, 0) is 49.9 Å². The number of amides is 1. The molecule has 100 valence electrons. The number of carbonyl (C=O) groups excluding carboxylic acids is 1. The van der Waals surface area contributed by atoms with Crippen molar-refractivity contribution in [2.45, 2.75) is 32.2 Å². The molecule has 1 aromatic carbocycles. The molecule has 1 amide bonds. The molecule has 2 rings (SSSR count). The number of likely N-dealkylation sites (N-methyl/N-ethyl adjacent to an activating group) is 1. The monoisotopic (exact) mass is 257 g/mol. The lowest BCUT2D eigenvalue weighted by atomic mass is 9.99. The van der Waals surface area contributed by atoms with Crippen molar-refractivity contribution in [1.29, 1.82) is 5.26 Å². The van der Waals surface area contributed by atoms with E-state index in [9.17, 15) is 4.79 Å². The number of hydrogen-bond acceptors (Lipinski definition) is 3. The van der Waals surface area contributed by atoms with Gasteiger partial charge in [-0.3, -0.25) is 4.79 Å². The first-order valence-corrected chi connectivity index (χ1v) is 6.66. The van der Waals surface area contributed by atoms with Crippen molar-refractivity contribution in [3.63, 3.8) is 0 Å². The summed E-state index contributed by atoms with van der Waals surface area (Å²) in [5.41, 5.74) is 2.68. The highest BCUT2D eigenvalue weighted by molar-refractivity contribution is 5.85. The number of carbonyl (C=O) groups is 1. The first kappa shape index (κ1) is 13.4. The van der Waals surface area contributed by atoms with Crippen LogP contribution in [0.15, 0.2) is 18.2 Å². The zero-order valence-corrected chi connectivity index (χ0v) is 11.4. The van der Waals surface area contributed by atoms with Crippen molar-refractivity contribution in [2.24, 2.45) is 0 Å². The minimum absolute atomic E-state index is 0.0710. The number of piperidine rings is 1. The van der Waals surface area contributed by atoms with Crippen LogP contribution >= 0.6 is 0 Å². The van der Waals surface area contributed by atoms with Crippen LogP contribution in [0.4, 0.5) is 5.69 Å². The van der Waals surface area contributed by atoms with Crippen molar-refractivity contribution >= 4 is 11.6 Å². The summed E-state index contributed by atoms with van der Waals surface area (Å²) < 4.78 is 0. The molecule has 1 aliphatic heterocycles. The maximum atomic E-state index is 12.0. The number of nitriles is 1. The van der Waals surface area contributed by atoms with Crippen LogP contribution in [0.1, 0.15) is 30.4 Å². The molecule has 1 aliphatic rings. The number of nitrogens with zero attached hydrogens (tertiary/aromatic N) is 2. The summed E-state index contributed by atoms with van der Waals surface area (Å²) in [5.74, 6) is 0.0710. The molecule has 1 unspecified atom stereocenters. The second-order valence-electron chi connectivity index (χ2n) is 4.93. The summed E-state index contributed by atoms with van der Waals surface area (Å²) in [4.78, 5) is 14.1. The van der Waals surface area contributed by atoms with Crippen molar-refractivity contribution in [3.05, 3.63) is 29.3 Å². The number of benzene rings is 1. The first-order chi connectivity index (χ1) is 9.17. The van der Waals surface area contributed by atoms with E-state index < -0.39 is 0 Å². The SMILES string of the molecule is CNC(=O)C1CCCCN1c1ccc(C#N)c(C)c1. The summed E-state index contributed by atoms with van der Waals surface area (Å²) in [6.07, 6.45) is 3.08. The Kier molecular flexibility index (Phi) is 4.06. The Morgan fingerprint density at radius 1 is 1.47 bits per heavy atom. The van der Waals surface area contributed by atoms with Crippen LogP contribution in [0.5, 0.6) is 0 Å². The van der Waals surface area contributed by atoms with Gasteiger partial charge in [-0.1, -0.05) is 0 Å². The van der Waals surface area contributed by atoms with Crippen LogP contribution in [-0.4, -0.2) is 25.5 Å². The number of rotatable bonds is 2. The van der Waals surface area contributed by atoms with Crippen molar-refractivity contribution < 1.29 is 4.79 Å². The third kappa shape index (κ3) is 2.70. The zero-order chi connectivity index (χ0) is 13.8. The Bertz CT molecular complexity index is 519. The number of hydrogen-bond donors (Lipinski definition) is 1. The van der Waals surface area contributed by atoms with E-state index in [0.29, 0.717) is 5.56 Å². The molecule has 19 heavy (non-hydrogen) atoms. The van der Waals surface area contributed by atoms with Gasteiger partial charge in [0.2, 0.25) is 5.91 Å². The molecule has 1 heterocycles. The van der Waals surface area contributed by atoms with Crippen LogP contribution in [0.25, 0.3) is 0 Å². The summed E-state index contributed by atoms with van der Waals surface area (Å²) in [5, 5.41) is 11.7. The molecule has 4 heteroatoms. The fraction of sp³-hybridized carbons (Fsp3) is 0.467. The lowest BCUT2D eigenvalue weighted by Gasteiger charge is -2.36. The normalized spacial score (nSPS) is 18.8. The Morgan fingerprint density at radius 3 is 2.89 bits per heavy atom. The third-order valence-corrected chi connectivity index (χ3v) is 3.71. The predicted molar refractivity (Wildman–Crippen MR) is 74.9 cm³/mol.